The number of amides is 1. The highest BCUT2D eigenvalue weighted by Crippen LogP contribution is 2.39. The highest BCUT2D eigenvalue weighted by molar-refractivity contribution is 7.41. The molecule has 0 radical (unpaired) electrons. The van der Waals surface area contributed by atoms with Gasteiger partial charge in [0.2, 0.25) is 0 Å². The van der Waals surface area contributed by atoms with Gasteiger partial charge < -0.3 is 23.6 Å². The molecule has 8 heteroatoms. The van der Waals surface area contributed by atoms with E-state index in [0.717, 1.165) is 12.8 Å². The Hall–Kier alpha value is -1.53. The zero-order chi connectivity index (χ0) is 18.5. The highest BCUT2D eigenvalue weighted by Gasteiger charge is 2.13. The summed E-state index contributed by atoms with van der Waals surface area (Å²) in [7, 11) is -1.28. The van der Waals surface area contributed by atoms with Crippen molar-refractivity contribution in [3.63, 3.8) is 0 Å². The predicted molar refractivity (Wildman–Crippen MR) is 95.4 cm³/mol. The average molecular weight is 371 g/mol. The van der Waals surface area contributed by atoms with Crippen LogP contribution < -0.4 is 10.1 Å². The van der Waals surface area contributed by atoms with Crippen LogP contribution in [0.5, 0.6) is 5.75 Å². The molecular weight excluding hydrogens is 345 g/mol. The molecule has 25 heavy (non-hydrogen) atoms. The maximum absolute atomic E-state index is 12.2. The zero-order valence-corrected chi connectivity index (χ0v) is 15.8. The summed E-state index contributed by atoms with van der Waals surface area (Å²) in [6.07, 6.45) is 1.52. The summed E-state index contributed by atoms with van der Waals surface area (Å²) in [4.78, 5) is 23.3. The molecular formula is C17H26NO6P. The molecule has 1 rings (SSSR count). The van der Waals surface area contributed by atoms with Crippen LogP contribution in [0, 0.1) is 0 Å². The number of para-hydroxylation sites is 1. The van der Waals surface area contributed by atoms with Crippen LogP contribution in [-0.4, -0.2) is 38.2 Å². The van der Waals surface area contributed by atoms with E-state index in [1.165, 1.54) is 6.92 Å². The molecule has 0 atom stereocenters. The maximum atomic E-state index is 12.2. The molecule has 0 bridgehead atoms. The van der Waals surface area contributed by atoms with Gasteiger partial charge in [0, 0.05) is 13.5 Å². The second-order valence-electron chi connectivity index (χ2n) is 4.95. The van der Waals surface area contributed by atoms with E-state index >= 15 is 0 Å². The third-order valence-electron chi connectivity index (χ3n) is 2.91. The van der Waals surface area contributed by atoms with Crippen LogP contribution >= 0.6 is 8.60 Å². The topological polar surface area (TPSA) is 83.1 Å². The number of benzene rings is 1. The number of rotatable bonds is 12. The average Bonchev–Trinajstić information content (AvgIpc) is 2.58. The van der Waals surface area contributed by atoms with Gasteiger partial charge in [-0.15, -0.1) is 0 Å². The van der Waals surface area contributed by atoms with Crippen LogP contribution in [0.1, 0.15) is 44.0 Å². The summed E-state index contributed by atoms with van der Waals surface area (Å²) >= 11 is 0. The van der Waals surface area contributed by atoms with Crippen molar-refractivity contribution < 1.29 is 27.9 Å². The van der Waals surface area contributed by atoms with Crippen molar-refractivity contribution in [2.45, 2.75) is 33.6 Å². The normalized spacial score (nSPS) is 10.7. The summed E-state index contributed by atoms with van der Waals surface area (Å²) < 4.78 is 21.2. The first-order valence-corrected chi connectivity index (χ1v) is 9.42. The van der Waals surface area contributed by atoms with E-state index in [1.54, 1.807) is 24.3 Å². The van der Waals surface area contributed by atoms with Crippen molar-refractivity contribution in [3.05, 3.63) is 29.8 Å². The van der Waals surface area contributed by atoms with Gasteiger partial charge >= 0.3 is 14.6 Å². The summed E-state index contributed by atoms with van der Waals surface area (Å²) in [6, 6.07) is 6.64. The van der Waals surface area contributed by atoms with Gasteiger partial charge in [-0.05, 0) is 38.8 Å². The fourth-order valence-corrected chi connectivity index (χ4v) is 2.81. The molecule has 0 fully saturated rings. The highest BCUT2D eigenvalue weighted by atomic mass is 31.2. The molecule has 0 saturated heterocycles. The number of nitrogens with one attached hydrogen (secondary N) is 1. The third-order valence-corrected chi connectivity index (χ3v) is 4.24. The molecule has 0 aromatic heterocycles. The minimum Gasteiger partial charge on any atom is -0.426 e. The van der Waals surface area contributed by atoms with Gasteiger partial charge in [0.25, 0.3) is 5.91 Å². The minimum absolute atomic E-state index is 0.259. The first kappa shape index (κ1) is 21.5. The Kier molecular flexibility index (Phi) is 11.0. The van der Waals surface area contributed by atoms with Crippen LogP contribution in [0.4, 0.5) is 0 Å². The zero-order valence-electron chi connectivity index (χ0n) is 14.9. The number of carbonyl (C=O) groups is 2. The molecule has 140 valence electrons. The molecule has 0 unspecified atom stereocenters. The Bertz CT molecular complexity index is 534. The lowest BCUT2D eigenvalue weighted by atomic mass is 10.2. The molecule has 0 aliphatic carbocycles. The van der Waals surface area contributed by atoms with Crippen molar-refractivity contribution in [3.8, 4) is 5.75 Å². The molecule has 1 aromatic carbocycles. The second-order valence-corrected chi connectivity index (χ2v) is 6.17. The van der Waals surface area contributed by atoms with Gasteiger partial charge in [-0.1, -0.05) is 12.1 Å². The van der Waals surface area contributed by atoms with Crippen LogP contribution in [0.3, 0.4) is 0 Å². The van der Waals surface area contributed by atoms with Crippen LogP contribution in [-0.2, 0) is 18.4 Å². The SMILES string of the molecule is CCOP(OCC)OCCCCNC(=O)c1ccccc1OC(C)=O. The quantitative estimate of drug-likeness (QED) is 0.262. The van der Waals surface area contributed by atoms with Gasteiger partial charge in [0.05, 0.1) is 25.4 Å². The Morgan fingerprint density at radius 3 is 2.36 bits per heavy atom. The van der Waals surface area contributed by atoms with Crippen molar-refractivity contribution >= 4 is 20.5 Å². The molecule has 7 nitrogen and oxygen atoms in total. The van der Waals surface area contributed by atoms with Gasteiger partial charge in [0.1, 0.15) is 5.75 Å². The fourth-order valence-electron chi connectivity index (χ4n) is 1.88. The molecule has 1 amide bonds. The van der Waals surface area contributed by atoms with Crippen LogP contribution in [0.15, 0.2) is 24.3 Å². The number of hydrogen-bond acceptors (Lipinski definition) is 6. The first-order chi connectivity index (χ1) is 12.1. The monoisotopic (exact) mass is 371 g/mol. The Balaban J connectivity index is 2.30. The van der Waals surface area contributed by atoms with E-state index in [4.69, 9.17) is 18.3 Å². The molecule has 1 aromatic rings. The Labute approximate surface area is 150 Å². The number of esters is 1. The number of unbranched alkanes of at least 4 members (excludes halogenated alkanes) is 1. The van der Waals surface area contributed by atoms with Gasteiger partial charge in [0.15, 0.2) is 0 Å². The summed E-state index contributed by atoms with van der Waals surface area (Å²) in [5.41, 5.74) is 0.338. The molecule has 0 aliphatic heterocycles. The van der Waals surface area contributed by atoms with Crippen LogP contribution in [0.25, 0.3) is 0 Å². The summed E-state index contributed by atoms with van der Waals surface area (Å²) in [5.74, 6) is -0.476. The van der Waals surface area contributed by atoms with E-state index < -0.39 is 14.6 Å². The Morgan fingerprint density at radius 2 is 1.72 bits per heavy atom. The molecule has 1 N–H and O–H groups in total. The number of hydrogen-bond donors (Lipinski definition) is 1. The molecule has 0 heterocycles. The maximum Gasteiger partial charge on any atom is 0.332 e. The second kappa shape index (κ2) is 12.8. The van der Waals surface area contributed by atoms with Gasteiger partial charge in [-0.2, -0.15) is 0 Å². The lowest BCUT2D eigenvalue weighted by molar-refractivity contribution is -0.131. The number of ether oxygens (including phenoxy) is 1. The van der Waals surface area contributed by atoms with E-state index in [9.17, 15) is 9.59 Å². The first-order valence-electron chi connectivity index (χ1n) is 8.33. The molecule has 0 spiro atoms. The van der Waals surface area contributed by atoms with Crippen molar-refractivity contribution in [1.29, 1.82) is 0 Å². The van der Waals surface area contributed by atoms with E-state index in [2.05, 4.69) is 5.32 Å². The fraction of sp³-hybridized carbons (Fsp3) is 0.529. The van der Waals surface area contributed by atoms with Gasteiger partial charge in [-0.25, -0.2) is 0 Å². The standard InChI is InChI=1S/C17H26NO6P/c1-4-21-25(22-5-2)23-13-9-8-12-18-17(20)15-10-6-7-11-16(15)24-14(3)19/h6-7,10-11H,4-5,8-9,12-13H2,1-3H3,(H,18,20). The Morgan fingerprint density at radius 1 is 1.04 bits per heavy atom. The molecule has 0 saturated carbocycles. The largest absolute Gasteiger partial charge is 0.426 e. The lowest BCUT2D eigenvalue weighted by Crippen LogP contribution is -2.25. The van der Waals surface area contributed by atoms with Crippen molar-refractivity contribution in [2.24, 2.45) is 0 Å². The summed E-state index contributed by atoms with van der Waals surface area (Å²) in [6.45, 7) is 7.17. The smallest absolute Gasteiger partial charge is 0.332 e. The van der Waals surface area contributed by atoms with Gasteiger partial charge in [-0.3, -0.25) is 9.59 Å². The van der Waals surface area contributed by atoms with E-state index in [1.807, 2.05) is 13.8 Å². The number of carbonyl (C=O) groups excluding carboxylic acids is 2. The third kappa shape index (κ3) is 8.93. The summed E-state index contributed by atoms with van der Waals surface area (Å²) in [5, 5.41) is 2.81. The predicted octanol–water partition coefficient (Wildman–Crippen LogP) is 3.44. The lowest BCUT2D eigenvalue weighted by Gasteiger charge is -2.14. The van der Waals surface area contributed by atoms with Crippen molar-refractivity contribution in [2.75, 3.05) is 26.4 Å². The van der Waals surface area contributed by atoms with Crippen LogP contribution in [0.2, 0.25) is 0 Å². The van der Waals surface area contributed by atoms with Crippen molar-refractivity contribution in [1.82, 2.24) is 5.32 Å². The molecule has 0 aliphatic rings. The van der Waals surface area contributed by atoms with E-state index in [-0.39, 0.29) is 11.7 Å². The minimum atomic E-state index is -1.28. The van der Waals surface area contributed by atoms with E-state index in [0.29, 0.717) is 31.9 Å².